The maximum atomic E-state index is 13.9. The van der Waals surface area contributed by atoms with E-state index in [1.54, 1.807) is 24.3 Å². The van der Waals surface area contributed by atoms with Crippen molar-refractivity contribution in [3.63, 3.8) is 0 Å². The molecule has 0 radical (unpaired) electrons. The van der Waals surface area contributed by atoms with Gasteiger partial charge < -0.3 is 9.73 Å². The van der Waals surface area contributed by atoms with Crippen molar-refractivity contribution in [3.8, 4) is 0 Å². The van der Waals surface area contributed by atoms with Crippen molar-refractivity contribution >= 4 is 32.4 Å². The van der Waals surface area contributed by atoms with E-state index in [4.69, 9.17) is 4.42 Å². The largest absolute Gasteiger partial charge is 0.422 e. The summed E-state index contributed by atoms with van der Waals surface area (Å²) >= 11 is 0. The Bertz CT molecular complexity index is 1150. The Morgan fingerprint density at radius 3 is 2.56 bits per heavy atom. The molecule has 0 saturated heterocycles. The number of hydrogen-bond acceptors (Lipinski definition) is 5. The van der Waals surface area contributed by atoms with Gasteiger partial charge in [-0.15, -0.1) is 0 Å². The second kappa shape index (κ2) is 6.14. The van der Waals surface area contributed by atoms with E-state index in [0.29, 0.717) is 11.0 Å². The number of benzene rings is 2. The number of carbonyl (C=O) groups excluding carboxylic acids is 1. The molecule has 1 N–H and O–H groups in total. The van der Waals surface area contributed by atoms with Gasteiger partial charge in [-0.05, 0) is 30.3 Å². The number of rotatable bonds is 3. The average molecular weight is 361 g/mol. The molecule has 2 aromatic carbocycles. The molecule has 6 nitrogen and oxygen atoms in total. The van der Waals surface area contributed by atoms with Crippen LogP contribution in [0.1, 0.15) is 10.4 Å². The third-order valence-corrected chi connectivity index (χ3v) is 4.61. The number of nitrogens with one attached hydrogen (secondary N) is 1. The van der Waals surface area contributed by atoms with E-state index in [9.17, 15) is 22.4 Å². The van der Waals surface area contributed by atoms with Gasteiger partial charge >= 0.3 is 5.63 Å². The van der Waals surface area contributed by atoms with E-state index in [1.165, 1.54) is 6.07 Å². The van der Waals surface area contributed by atoms with Gasteiger partial charge in [0.2, 0.25) is 0 Å². The van der Waals surface area contributed by atoms with Gasteiger partial charge in [0.25, 0.3) is 5.91 Å². The molecule has 0 aliphatic rings. The number of halogens is 1. The van der Waals surface area contributed by atoms with Crippen LogP contribution in [0.5, 0.6) is 0 Å². The first-order chi connectivity index (χ1) is 11.8. The van der Waals surface area contributed by atoms with Crippen LogP contribution in [0, 0.1) is 5.82 Å². The van der Waals surface area contributed by atoms with Crippen molar-refractivity contribution in [1.82, 2.24) is 0 Å². The number of fused-ring (bicyclic) bond motifs is 1. The van der Waals surface area contributed by atoms with Crippen LogP contribution in [0.3, 0.4) is 0 Å². The van der Waals surface area contributed by atoms with E-state index < -0.39 is 27.2 Å². The van der Waals surface area contributed by atoms with Crippen LogP contribution in [-0.4, -0.2) is 20.6 Å². The zero-order chi connectivity index (χ0) is 18.2. The molecule has 128 valence electrons. The van der Waals surface area contributed by atoms with Gasteiger partial charge in [-0.2, -0.15) is 0 Å². The molecule has 0 saturated carbocycles. The van der Waals surface area contributed by atoms with Gasteiger partial charge in [0, 0.05) is 11.6 Å². The lowest BCUT2D eigenvalue weighted by molar-refractivity contribution is 0.102. The summed E-state index contributed by atoms with van der Waals surface area (Å²) in [7, 11) is -3.58. The summed E-state index contributed by atoms with van der Waals surface area (Å²) in [5.41, 5.74) is -1.23. The Morgan fingerprint density at radius 1 is 1.12 bits per heavy atom. The minimum absolute atomic E-state index is 0.158. The van der Waals surface area contributed by atoms with Crippen molar-refractivity contribution < 1.29 is 22.0 Å². The predicted octanol–water partition coefficient (Wildman–Crippen LogP) is 2.59. The summed E-state index contributed by atoms with van der Waals surface area (Å²) in [6.45, 7) is 0. The van der Waals surface area contributed by atoms with Crippen LogP contribution < -0.4 is 10.9 Å². The van der Waals surface area contributed by atoms with Crippen molar-refractivity contribution in [2.75, 3.05) is 11.6 Å². The zero-order valence-corrected chi connectivity index (χ0v) is 13.8. The summed E-state index contributed by atoms with van der Waals surface area (Å²) in [4.78, 5) is 24.1. The lowest BCUT2D eigenvalue weighted by Crippen LogP contribution is -2.21. The Balaban J connectivity index is 2.01. The maximum absolute atomic E-state index is 13.9. The molecule has 1 aromatic heterocycles. The zero-order valence-electron chi connectivity index (χ0n) is 12.9. The third-order valence-electron chi connectivity index (χ3n) is 3.50. The number of carbonyl (C=O) groups is 1. The highest BCUT2D eigenvalue weighted by atomic mass is 32.2. The Labute approximate surface area is 141 Å². The van der Waals surface area contributed by atoms with Crippen LogP contribution in [0.25, 0.3) is 11.0 Å². The summed E-state index contributed by atoms with van der Waals surface area (Å²) in [6, 6.07) is 10.9. The summed E-state index contributed by atoms with van der Waals surface area (Å²) in [6.07, 6.45) is 0.962. The highest BCUT2D eigenvalue weighted by Gasteiger charge is 2.17. The standard InChI is InChI=1S/C17H12FNO5S/c1-25(22,23)11-6-7-13(18)14(9-11)19-16(20)12-8-10-4-2-3-5-15(10)24-17(12)21/h2-9H,1H3,(H,19,20). The first kappa shape index (κ1) is 16.8. The second-order valence-corrected chi connectivity index (χ2v) is 7.37. The molecule has 1 amide bonds. The minimum Gasteiger partial charge on any atom is -0.422 e. The monoisotopic (exact) mass is 361 g/mol. The SMILES string of the molecule is CS(=O)(=O)c1ccc(F)c(NC(=O)c2cc3ccccc3oc2=O)c1. The lowest BCUT2D eigenvalue weighted by Gasteiger charge is -2.08. The number of hydrogen-bond donors (Lipinski definition) is 1. The first-order valence-corrected chi connectivity index (χ1v) is 8.99. The van der Waals surface area contributed by atoms with Gasteiger partial charge in [0.05, 0.1) is 10.6 Å². The van der Waals surface area contributed by atoms with Crippen molar-refractivity contribution in [2.45, 2.75) is 4.90 Å². The molecule has 25 heavy (non-hydrogen) atoms. The molecule has 0 aliphatic heterocycles. The van der Waals surface area contributed by atoms with Crippen LogP contribution in [0.15, 0.2) is 62.6 Å². The van der Waals surface area contributed by atoms with Gasteiger partial charge in [0.15, 0.2) is 9.84 Å². The van der Waals surface area contributed by atoms with E-state index in [-0.39, 0.29) is 16.1 Å². The molecule has 3 aromatic rings. The molecule has 0 atom stereocenters. The topological polar surface area (TPSA) is 93.4 Å². The molecule has 0 fully saturated rings. The molecule has 0 spiro atoms. The normalized spacial score (nSPS) is 11.4. The number of para-hydroxylation sites is 1. The minimum atomic E-state index is -3.58. The van der Waals surface area contributed by atoms with Gasteiger partial charge in [-0.3, -0.25) is 4.79 Å². The molecule has 0 aliphatic carbocycles. The van der Waals surface area contributed by atoms with E-state index in [1.807, 2.05) is 0 Å². The number of amides is 1. The van der Waals surface area contributed by atoms with Crippen LogP contribution >= 0.6 is 0 Å². The van der Waals surface area contributed by atoms with Gasteiger partial charge in [-0.25, -0.2) is 17.6 Å². The summed E-state index contributed by atoms with van der Waals surface area (Å²) < 4.78 is 42.0. The van der Waals surface area contributed by atoms with Crippen LogP contribution in [-0.2, 0) is 9.84 Å². The Kier molecular flexibility index (Phi) is 4.13. The number of anilines is 1. The Morgan fingerprint density at radius 2 is 1.84 bits per heavy atom. The quantitative estimate of drug-likeness (QED) is 0.572. The van der Waals surface area contributed by atoms with Gasteiger partial charge in [0.1, 0.15) is 17.0 Å². The van der Waals surface area contributed by atoms with Crippen molar-refractivity contribution in [3.05, 3.63) is 70.3 Å². The fourth-order valence-corrected chi connectivity index (χ4v) is 2.89. The van der Waals surface area contributed by atoms with Crippen molar-refractivity contribution in [2.24, 2.45) is 0 Å². The highest BCUT2D eigenvalue weighted by molar-refractivity contribution is 7.90. The highest BCUT2D eigenvalue weighted by Crippen LogP contribution is 2.20. The second-order valence-electron chi connectivity index (χ2n) is 5.35. The maximum Gasteiger partial charge on any atom is 0.349 e. The fourth-order valence-electron chi connectivity index (χ4n) is 2.24. The fraction of sp³-hybridized carbons (Fsp3) is 0.0588. The molecule has 3 rings (SSSR count). The van der Waals surface area contributed by atoms with E-state index in [0.717, 1.165) is 24.5 Å². The van der Waals surface area contributed by atoms with Gasteiger partial charge in [-0.1, -0.05) is 18.2 Å². The van der Waals surface area contributed by atoms with Crippen LogP contribution in [0.4, 0.5) is 10.1 Å². The summed E-state index contributed by atoms with van der Waals surface area (Å²) in [5, 5.41) is 2.73. The van der Waals surface area contributed by atoms with Crippen LogP contribution in [0.2, 0.25) is 0 Å². The molecule has 1 heterocycles. The first-order valence-electron chi connectivity index (χ1n) is 7.09. The lowest BCUT2D eigenvalue weighted by atomic mass is 10.1. The third kappa shape index (κ3) is 3.43. The van der Waals surface area contributed by atoms with E-state index in [2.05, 4.69) is 5.32 Å². The number of sulfone groups is 1. The molecule has 0 unspecified atom stereocenters. The smallest absolute Gasteiger partial charge is 0.349 e. The summed E-state index contributed by atoms with van der Waals surface area (Å²) in [5.74, 6) is -1.73. The molecule has 0 bridgehead atoms. The molecular formula is C17H12FNO5S. The van der Waals surface area contributed by atoms with E-state index >= 15 is 0 Å². The van der Waals surface area contributed by atoms with Crippen molar-refractivity contribution in [1.29, 1.82) is 0 Å². The molecular weight excluding hydrogens is 349 g/mol. The predicted molar refractivity (Wildman–Crippen MR) is 89.9 cm³/mol. The molecule has 8 heteroatoms. The Hall–Kier alpha value is -3.00. The average Bonchev–Trinajstić information content (AvgIpc) is 2.55.